The maximum absolute atomic E-state index is 11.6. The first-order valence-electron chi connectivity index (χ1n) is 6.58. The van der Waals surface area contributed by atoms with Gasteiger partial charge in [0.25, 0.3) is 0 Å². The van der Waals surface area contributed by atoms with Crippen LogP contribution < -0.4 is 5.32 Å². The Balaban J connectivity index is 2.38. The van der Waals surface area contributed by atoms with E-state index in [4.69, 9.17) is 0 Å². The number of hydrogen-bond donors (Lipinski definition) is 1. The van der Waals surface area contributed by atoms with Gasteiger partial charge in [0.15, 0.2) is 0 Å². The highest BCUT2D eigenvalue weighted by Crippen LogP contribution is 2.14. The molecule has 1 rings (SSSR count). The summed E-state index contributed by atoms with van der Waals surface area (Å²) >= 11 is 0. The molecule has 0 fully saturated rings. The molecule has 0 saturated carbocycles. The van der Waals surface area contributed by atoms with E-state index in [1.54, 1.807) is 4.90 Å². The van der Waals surface area contributed by atoms with E-state index >= 15 is 0 Å². The molecule has 0 unspecified atom stereocenters. The molecule has 0 aliphatic rings. The second-order valence-electron chi connectivity index (χ2n) is 4.91. The summed E-state index contributed by atoms with van der Waals surface area (Å²) in [5.41, 5.74) is 2.56. The zero-order chi connectivity index (χ0) is 13.5. The van der Waals surface area contributed by atoms with Gasteiger partial charge >= 0.3 is 0 Å². The van der Waals surface area contributed by atoms with E-state index in [9.17, 15) is 4.79 Å². The third kappa shape index (κ3) is 4.49. The van der Waals surface area contributed by atoms with Crippen molar-refractivity contribution in [1.29, 1.82) is 0 Å². The molecular formula is C15H24N2O. The summed E-state index contributed by atoms with van der Waals surface area (Å²) in [5.74, 6) is 0.697. The molecule has 0 bridgehead atoms. The second-order valence-corrected chi connectivity index (χ2v) is 4.91. The summed E-state index contributed by atoms with van der Waals surface area (Å²) in [7, 11) is 1.82. The van der Waals surface area contributed by atoms with E-state index in [0.717, 1.165) is 13.1 Å². The van der Waals surface area contributed by atoms with Gasteiger partial charge in [0, 0.05) is 20.1 Å². The molecule has 1 N–H and O–H groups in total. The third-order valence-corrected chi connectivity index (χ3v) is 3.15. The summed E-state index contributed by atoms with van der Waals surface area (Å²) in [4.78, 5) is 13.3. The zero-order valence-electron chi connectivity index (χ0n) is 11.9. The lowest BCUT2D eigenvalue weighted by Crippen LogP contribution is -2.35. The summed E-state index contributed by atoms with van der Waals surface area (Å²) in [6, 6.07) is 8.55. The number of nitrogens with one attached hydrogen (secondary N) is 1. The van der Waals surface area contributed by atoms with Gasteiger partial charge in [0.1, 0.15) is 0 Å². The Morgan fingerprint density at radius 2 is 1.89 bits per heavy atom. The highest BCUT2D eigenvalue weighted by atomic mass is 16.2. The first-order chi connectivity index (χ1) is 8.54. The van der Waals surface area contributed by atoms with Crippen molar-refractivity contribution in [2.45, 2.75) is 33.2 Å². The third-order valence-electron chi connectivity index (χ3n) is 3.15. The molecule has 0 heterocycles. The number of benzene rings is 1. The van der Waals surface area contributed by atoms with Gasteiger partial charge in [-0.3, -0.25) is 4.79 Å². The Morgan fingerprint density at radius 1 is 1.28 bits per heavy atom. The minimum Gasteiger partial charge on any atom is -0.345 e. The predicted octanol–water partition coefficient (Wildman–Crippen LogP) is 2.38. The summed E-state index contributed by atoms with van der Waals surface area (Å²) in [5, 5.41) is 3.17. The molecule has 0 radical (unpaired) electrons. The SMILES string of the molecule is CCN(C)C(=O)CNCc1ccc(C(C)C)cc1. The molecule has 18 heavy (non-hydrogen) atoms. The molecule has 0 atom stereocenters. The Kier molecular flexibility index (Phi) is 5.86. The average Bonchev–Trinajstić information content (AvgIpc) is 2.38. The largest absolute Gasteiger partial charge is 0.345 e. The fraction of sp³-hybridized carbons (Fsp3) is 0.533. The molecule has 0 saturated heterocycles. The standard InChI is InChI=1S/C15H24N2O/c1-5-17(4)15(18)11-16-10-13-6-8-14(9-7-13)12(2)3/h6-9,12,16H,5,10-11H2,1-4H3. The Hall–Kier alpha value is -1.35. The molecule has 1 aromatic carbocycles. The zero-order valence-corrected chi connectivity index (χ0v) is 11.9. The lowest BCUT2D eigenvalue weighted by Gasteiger charge is -2.14. The van der Waals surface area contributed by atoms with Crippen LogP contribution in [0.15, 0.2) is 24.3 Å². The highest BCUT2D eigenvalue weighted by molar-refractivity contribution is 5.77. The van der Waals surface area contributed by atoms with Gasteiger partial charge in [0.2, 0.25) is 5.91 Å². The van der Waals surface area contributed by atoms with Crippen LogP contribution >= 0.6 is 0 Å². The topological polar surface area (TPSA) is 32.3 Å². The van der Waals surface area contributed by atoms with Crippen LogP contribution in [-0.2, 0) is 11.3 Å². The number of rotatable bonds is 6. The van der Waals surface area contributed by atoms with Crippen molar-refractivity contribution >= 4 is 5.91 Å². The van der Waals surface area contributed by atoms with Crippen molar-refractivity contribution in [3.63, 3.8) is 0 Å². The number of nitrogens with zero attached hydrogens (tertiary/aromatic N) is 1. The lowest BCUT2D eigenvalue weighted by atomic mass is 10.0. The van der Waals surface area contributed by atoms with Crippen LogP contribution in [0.2, 0.25) is 0 Å². The molecular weight excluding hydrogens is 224 g/mol. The van der Waals surface area contributed by atoms with Crippen LogP contribution in [-0.4, -0.2) is 30.9 Å². The number of likely N-dealkylation sites (N-methyl/N-ethyl adjacent to an activating group) is 1. The van der Waals surface area contributed by atoms with Crippen molar-refractivity contribution in [2.75, 3.05) is 20.1 Å². The van der Waals surface area contributed by atoms with Gasteiger partial charge in [-0.15, -0.1) is 0 Å². The van der Waals surface area contributed by atoms with Crippen molar-refractivity contribution in [3.05, 3.63) is 35.4 Å². The highest BCUT2D eigenvalue weighted by Gasteiger charge is 2.05. The van der Waals surface area contributed by atoms with Crippen molar-refractivity contribution in [3.8, 4) is 0 Å². The first-order valence-corrected chi connectivity index (χ1v) is 6.58. The van der Waals surface area contributed by atoms with E-state index in [1.165, 1.54) is 11.1 Å². The lowest BCUT2D eigenvalue weighted by molar-refractivity contribution is -0.128. The molecule has 3 heteroatoms. The monoisotopic (exact) mass is 248 g/mol. The number of hydrogen-bond acceptors (Lipinski definition) is 2. The first kappa shape index (κ1) is 14.7. The van der Waals surface area contributed by atoms with Crippen molar-refractivity contribution < 1.29 is 4.79 Å². The molecule has 0 aliphatic heterocycles. The van der Waals surface area contributed by atoms with Crippen LogP contribution in [0, 0.1) is 0 Å². The maximum Gasteiger partial charge on any atom is 0.236 e. The van der Waals surface area contributed by atoms with E-state index in [2.05, 4.69) is 43.4 Å². The van der Waals surface area contributed by atoms with Crippen molar-refractivity contribution in [1.82, 2.24) is 10.2 Å². The minimum atomic E-state index is 0.135. The molecule has 0 aliphatic carbocycles. The minimum absolute atomic E-state index is 0.135. The summed E-state index contributed by atoms with van der Waals surface area (Å²) in [6.45, 7) is 8.24. The number of amides is 1. The fourth-order valence-corrected chi connectivity index (χ4v) is 1.65. The van der Waals surface area contributed by atoms with Gasteiger partial charge in [-0.2, -0.15) is 0 Å². The van der Waals surface area contributed by atoms with Gasteiger partial charge in [0.05, 0.1) is 6.54 Å². The number of carbonyl (C=O) groups is 1. The van der Waals surface area contributed by atoms with E-state index < -0.39 is 0 Å². The molecule has 100 valence electrons. The molecule has 0 aromatic heterocycles. The van der Waals surface area contributed by atoms with Gasteiger partial charge in [-0.05, 0) is 24.0 Å². The van der Waals surface area contributed by atoms with E-state index in [1.807, 2.05) is 14.0 Å². The average molecular weight is 248 g/mol. The Morgan fingerprint density at radius 3 is 2.39 bits per heavy atom. The summed E-state index contributed by atoms with van der Waals surface area (Å²) in [6.07, 6.45) is 0. The Bertz CT molecular complexity index is 371. The van der Waals surface area contributed by atoms with Gasteiger partial charge in [-0.25, -0.2) is 0 Å². The molecule has 3 nitrogen and oxygen atoms in total. The Labute approximate surface area is 110 Å². The summed E-state index contributed by atoms with van der Waals surface area (Å²) < 4.78 is 0. The van der Waals surface area contributed by atoms with Gasteiger partial charge < -0.3 is 10.2 Å². The quantitative estimate of drug-likeness (QED) is 0.838. The molecule has 0 spiro atoms. The molecule has 1 aromatic rings. The van der Waals surface area contributed by atoms with Crippen LogP contribution in [0.25, 0.3) is 0 Å². The van der Waals surface area contributed by atoms with Crippen LogP contribution in [0.4, 0.5) is 0 Å². The molecule has 1 amide bonds. The van der Waals surface area contributed by atoms with Crippen molar-refractivity contribution in [2.24, 2.45) is 0 Å². The van der Waals surface area contributed by atoms with E-state index in [-0.39, 0.29) is 5.91 Å². The van der Waals surface area contributed by atoms with E-state index in [0.29, 0.717) is 12.5 Å². The maximum atomic E-state index is 11.6. The number of carbonyl (C=O) groups excluding carboxylic acids is 1. The smallest absolute Gasteiger partial charge is 0.236 e. The van der Waals surface area contributed by atoms with Crippen LogP contribution in [0.5, 0.6) is 0 Å². The van der Waals surface area contributed by atoms with Crippen LogP contribution in [0.3, 0.4) is 0 Å². The predicted molar refractivity (Wildman–Crippen MR) is 75.5 cm³/mol. The van der Waals surface area contributed by atoms with Crippen LogP contribution in [0.1, 0.15) is 37.8 Å². The normalized spacial score (nSPS) is 10.7. The fourth-order valence-electron chi connectivity index (χ4n) is 1.65. The van der Waals surface area contributed by atoms with Gasteiger partial charge in [-0.1, -0.05) is 38.1 Å². The second kappa shape index (κ2) is 7.17.